The van der Waals surface area contributed by atoms with Gasteiger partial charge < -0.3 is 2.85 Å². The van der Waals surface area contributed by atoms with Crippen LogP contribution in [0, 0.1) is 0 Å². The standard InChI is InChI=1S/C21H18.Mg.2H/c1-2-15-13-17-9-6-12-20(21(17)14-15)19-11-5-8-16-7-3-4-10-18(16)19;;;/h3-12,14H,2,13H2,1H3;;;/q;+2;2*-1. The van der Waals surface area contributed by atoms with Gasteiger partial charge in [-0.25, -0.2) is 0 Å². The van der Waals surface area contributed by atoms with Gasteiger partial charge in [0.05, 0.1) is 0 Å². The maximum atomic E-state index is 2.40. The molecule has 0 radical (unpaired) electrons. The second kappa shape index (κ2) is 6.27. The molecule has 0 aromatic heterocycles. The van der Waals surface area contributed by atoms with Crippen LogP contribution in [0.5, 0.6) is 0 Å². The molecule has 1 aliphatic carbocycles. The summed E-state index contributed by atoms with van der Waals surface area (Å²) in [5.74, 6) is 0. The van der Waals surface area contributed by atoms with Gasteiger partial charge in [-0.15, -0.1) is 0 Å². The fourth-order valence-electron chi connectivity index (χ4n) is 3.36. The van der Waals surface area contributed by atoms with Gasteiger partial charge in [0.1, 0.15) is 0 Å². The van der Waals surface area contributed by atoms with E-state index in [0.717, 1.165) is 12.8 Å². The van der Waals surface area contributed by atoms with E-state index in [1.165, 1.54) is 38.6 Å². The molecule has 0 heterocycles. The van der Waals surface area contributed by atoms with Gasteiger partial charge >= 0.3 is 23.1 Å². The fraction of sp³-hybridized carbons (Fsp3) is 0.143. The molecule has 0 N–H and O–H groups in total. The molecule has 3 aromatic rings. The van der Waals surface area contributed by atoms with Crippen molar-refractivity contribution in [2.45, 2.75) is 19.8 Å². The van der Waals surface area contributed by atoms with E-state index in [0.29, 0.717) is 0 Å². The van der Waals surface area contributed by atoms with E-state index in [1.54, 1.807) is 0 Å². The van der Waals surface area contributed by atoms with Gasteiger partial charge in [-0.3, -0.25) is 0 Å². The SMILES string of the molecule is CCC1=Cc2c(cccc2-c2cccc3ccccc23)C1.[H-].[H-].[Mg+2]. The van der Waals surface area contributed by atoms with Gasteiger partial charge in [0.25, 0.3) is 0 Å². The molecule has 0 bridgehead atoms. The van der Waals surface area contributed by atoms with Crippen LogP contribution in [0.4, 0.5) is 0 Å². The number of allylic oxidation sites excluding steroid dienone is 1. The summed E-state index contributed by atoms with van der Waals surface area (Å²) < 4.78 is 0. The molecule has 1 aliphatic rings. The molecule has 0 saturated carbocycles. The second-order valence-corrected chi connectivity index (χ2v) is 5.74. The molecule has 1 heteroatoms. The van der Waals surface area contributed by atoms with Crippen molar-refractivity contribution >= 4 is 39.9 Å². The summed E-state index contributed by atoms with van der Waals surface area (Å²) in [4.78, 5) is 0. The number of hydrogen-bond acceptors (Lipinski definition) is 0. The Bertz CT molecular complexity index is 863. The molecule has 0 amide bonds. The topological polar surface area (TPSA) is 0 Å². The Morgan fingerprint density at radius 1 is 0.864 bits per heavy atom. The summed E-state index contributed by atoms with van der Waals surface area (Å²) in [5.41, 5.74) is 7.15. The average molecular weight is 297 g/mol. The van der Waals surface area contributed by atoms with Crippen molar-refractivity contribution in [2.24, 2.45) is 0 Å². The Kier molecular flexibility index (Phi) is 4.37. The van der Waals surface area contributed by atoms with Gasteiger partial charge in [-0.2, -0.15) is 0 Å². The zero-order chi connectivity index (χ0) is 14.2. The molecule has 3 aromatic carbocycles. The molecule has 22 heavy (non-hydrogen) atoms. The molecule has 0 fully saturated rings. The molecular formula is C21H20Mg. The number of hydrogen-bond donors (Lipinski definition) is 0. The normalized spacial score (nSPS) is 12.7. The van der Waals surface area contributed by atoms with Crippen LogP contribution in [0.2, 0.25) is 0 Å². The first-order chi connectivity index (χ1) is 10.4. The van der Waals surface area contributed by atoms with E-state index < -0.39 is 0 Å². The first kappa shape index (κ1) is 15.3. The van der Waals surface area contributed by atoms with Crippen LogP contribution in [-0.2, 0) is 6.42 Å². The Morgan fingerprint density at radius 3 is 2.45 bits per heavy atom. The first-order valence-corrected chi connectivity index (χ1v) is 7.66. The minimum absolute atomic E-state index is 0. The summed E-state index contributed by atoms with van der Waals surface area (Å²) in [5, 5.41) is 2.65. The van der Waals surface area contributed by atoms with E-state index in [-0.39, 0.29) is 25.9 Å². The van der Waals surface area contributed by atoms with Crippen molar-refractivity contribution in [1.29, 1.82) is 0 Å². The van der Waals surface area contributed by atoms with E-state index in [9.17, 15) is 0 Å². The fourth-order valence-corrected chi connectivity index (χ4v) is 3.36. The minimum Gasteiger partial charge on any atom is -1.00 e. The Morgan fingerprint density at radius 2 is 1.59 bits per heavy atom. The molecule has 0 saturated heterocycles. The zero-order valence-electron chi connectivity index (χ0n) is 15.0. The summed E-state index contributed by atoms with van der Waals surface area (Å²) in [6.07, 6.45) is 4.65. The second-order valence-electron chi connectivity index (χ2n) is 5.74. The van der Waals surface area contributed by atoms with Crippen LogP contribution in [0.1, 0.15) is 27.3 Å². The van der Waals surface area contributed by atoms with E-state index >= 15 is 0 Å². The predicted molar refractivity (Wildman–Crippen MR) is 99.3 cm³/mol. The molecule has 106 valence electrons. The van der Waals surface area contributed by atoms with Crippen molar-refractivity contribution < 1.29 is 2.85 Å². The third-order valence-corrected chi connectivity index (χ3v) is 4.50. The summed E-state index contributed by atoms with van der Waals surface area (Å²) >= 11 is 0. The van der Waals surface area contributed by atoms with Crippen molar-refractivity contribution in [1.82, 2.24) is 0 Å². The molecule has 0 nitrogen and oxygen atoms in total. The largest absolute Gasteiger partial charge is 2.00 e. The molecular weight excluding hydrogens is 277 g/mol. The van der Waals surface area contributed by atoms with Gasteiger partial charge in [0, 0.05) is 0 Å². The van der Waals surface area contributed by atoms with Crippen molar-refractivity contribution in [3.8, 4) is 11.1 Å². The zero-order valence-corrected chi connectivity index (χ0v) is 14.4. The molecule has 0 unspecified atom stereocenters. The average Bonchev–Trinajstić information content (AvgIpc) is 2.97. The quantitative estimate of drug-likeness (QED) is 0.532. The number of rotatable bonds is 2. The van der Waals surface area contributed by atoms with Gasteiger partial charge in [-0.05, 0) is 45.9 Å². The molecule has 0 atom stereocenters. The minimum atomic E-state index is 0. The Balaban J connectivity index is 0.000000960. The summed E-state index contributed by atoms with van der Waals surface area (Å²) in [6, 6.07) is 22.0. The number of fused-ring (bicyclic) bond motifs is 2. The smallest absolute Gasteiger partial charge is 1.00 e. The van der Waals surface area contributed by atoms with Crippen LogP contribution in [0.15, 0.2) is 66.2 Å². The first-order valence-electron chi connectivity index (χ1n) is 7.66. The van der Waals surface area contributed by atoms with Crippen molar-refractivity contribution in [3.63, 3.8) is 0 Å². The van der Waals surface area contributed by atoms with Crippen LogP contribution in [0.25, 0.3) is 28.0 Å². The Labute approximate surface area is 151 Å². The van der Waals surface area contributed by atoms with Crippen molar-refractivity contribution in [3.05, 3.63) is 77.4 Å². The van der Waals surface area contributed by atoms with Crippen LogP contribution in [-0.4, -0.2) is 23.1 Å². The van der Waals surface area contributed by atoms with Gasteiger partial charge in [0.2, 0.25) is 0 Å². The van der Waals surface area contributed by atoms with Crippen LogP contribution >= 0.6 is 0 Å². The predicted octanol–water partition coefficient (Wildman–Crippen LogP) is 5.70. The maximum Gasteiger partial charge on any atom is 2.00 e. The van der Waals surface area contributed by atoms with Gasteiger partial charge in [-0.1, -0.05) is 79.2 Å². The van der Waals surface area contributed by atoms with E-state index in [4.69, 9.17) is 0 Å². The monoisotopic (exact) mass is 296 g/mol. The maximum absolute atomic E-state index is 2.40. The molecule has 0 spiro atoms. The van der Waals surface area contributed by atoms with E-state index in [2.05, 4.69) is 73.7 Å². The summed E-state index contributed by atoms with van der Waals surface area (Å²) in [6.45, 7) is 2.25. The summed E-state index contributed by atoms with van der Waals surface area (Å²) in [7, 11) is 0. The third kappa shape index (κ3) is 2.49. The molecule has 4 rings (SSSR count). The van der Waals surface area contributed by atoms with Crippen molar-refractivity contribution in [2.75, 3.05) is 0 Å². The van der Waals surface area contributed by atoms with Crippen LogP contribution in [0.3, 0.4) is 0 Å². The molecule has 0 aliphatic heterocycles. The number of benzene rings is 3. The Hall–Kier alpha value is -1.57. The third-order valence-electron chi connectivity index (χ3n) is 4.50. The van der Waals surface area contributed by atoms with Crippen LogP contribution < -0.4 is 0 Å². The van der Waals surface area contributed by atoms with Gasteiger partial charge in [0.15, 0.2) is 0 Å². The van der Waals surface area contributed by atoms with E-state index in [1.807, 2.05) is 0 Å².